The molecule has 2 fully saturated rings. The Bertz CT molecular complexity index is 680. The van der Waals surface area contributed by atoms with Crippen molar-refractivity contribution >= 4 is 10.0 Å². The van der Waals surface area contributed by atoms with Crippen molar-refractivity contribution in [1.82, 2.24) is 19.3 Å². The molecule has 26 heavy (non-hydrogen) atoms. The predicted octanol–water partition coefficient (Wildman–Crippen LogP) is 0.460. The zero-order valence-corrected chi connectivity index (χ0v) is 16.8. The zero-order chi connectivity index (χ0) is 18.7. The molecule has 0 radical (unpaired) electrons. The summed E-state index contributed by atoms with van der Waals surface area (Å²) < 4.78 is 37.0. The third-order valence-electron chi connectivity index (χ3n) is 5.38. The molecule has 3 heterocycles. The standard InChI is InChI=1S/C17H30N4O4S/c1-14-17(15(2)25-18-14)13-20-5-4-16(12-20)21(26(3,22)23)7-6-19-8-10-24-11-9-19/h16H,4-13H2,1-3H3. The van der Waals surface area contributed by atoms with Gasteiger partial charge in [-0.3, -0.25) is 9.80 Å². The number of likely N-dealkylation sites (tertiary alicyclic amines) is 1. The van der Waals surface area contributed by atoms with E-state index < -0.39 is 10.0 Å². The number of hydrogen-bond donors (Lipinski definition) is 0. The summed E-state index contributed by atoms with van der Waals surface area (Å²) in [4.78, 5) is 4.57. The van der Waals surface area contributed by atoms with Crippen LogP contribution in [0.3, 0.4) is 0 Å². The van der Waals surface area contributed by atoms with Crippen molar-refractivity contribution in [3.8, 4) is 0 Å². The molecular formula is C17H30N4O4S. The Hall–Kier alpha value is -1.00. The summed E-state index contributed by atoms with van der Waals surface area (Å²) in [6.07, 6.45) is 2.18. The van der Waals surface area contributed by atoms with Crippen molar-refractivity contribution in [2.45, 2.75) is 32.9 Å². The first-order valence-corrected chi connectivity index (χ1v) is 11.1. The zero-order valence-electron chi connectivity index (χ0n) is 16.0. The summed E-state index contributed by atoms with van der Waals surface area (Å²) in [6.45, 7) is 10.8. The molecule has 0 saturated carbocycles. The lowest BCUT2D eigenvalue weighted by molar-refractivity contribution is 0.0354. The summed E-state index contributed by atoms with van der Waals surface area (Å²) in [7, 11) is -3.23. The van der Waals surface area contributed by atoms with Crippen LogP contribution < -0.4 is 0 Å². The highest BCUT2D eigenvalue weighted by Crippen LogP contribution is 2.22. The molecular weight excluding hydrogens is 356 g/mol. The maximum absolute atomic E-state index is 12.4. The summed E-state index contributed by atoms with van der Waals surface area (Å²) in [5.74, 6) is 0.846. The van der Waals surface area contributed by atoms with Gasteiger partial charge >= 0.3 is 0 Å². The Balaban J connectivity index is 1.59. The van der Waals surface area contributed by atoms with Crippen molar-refractivity contribution in [3.05, 3.63) is 17.0 Å². The molecule has 1 aromatic rings. The number of nitrogens with zero attached hydrogens (tertiary/aromatic N) is 4. The SMILES string of the molecule is Cc1noc(C)c1CN1CCC(N(CCN2CCOCC2)S(C)(=O)=O)C1. The Labute approximate surface area is 156 Å². The van der Waals surface area contributed by atoms with Crippen molar-refractivity contribution in [2.75, 3.05) is 58.7 Å². The van der Waals surface area contributed by atoms with E-state index in [2.05, 4.69) is 15.0 Å². The van der Waals surface area contributed by atoms with Crippen LogP contribution >= 0.6 is 0 Å². The van der Waals surface area contributed by atoms with Gasteiger partial charge in [-0.15, -0.1) is 0 Å². The molecule has 0 aliphatic carbocycles. The van der Waals surface area contributed by atoms with Crippen LogP contribution in [0.1, 0.15) is 23.4 Å². The summed E-state index contributed by atoms with van der Waals surface area (Å²) in [5.41, 5.74) is 2.03. The van der Waals surface area contributed by atoms with Crippen LogP contribution in [0.4, 0.5) is 0 Å². The molecule has 2 saturated heterocycles. The first kappa shape index (κ1) is 19.8. The van der Waals surface area contributed by atoms with Gasteiger partial charge in [0, 0.05) is 57.4 Å². The van der Waals surface area contributed by atoms with E-state index in [1.807, 2.05) is 13.8 Å². The fraction of sp³-hybridized carbons (Fsp3) is 0.824. The first-order chi connectivity index (χ1) is 12.3. The number of ether oxygens (including phenoxy) is 1. The molecule has 2 aliphatic heterocycles. The number of morpholine rings is 1. The third kappa shape index (κ3) is 4.83. The second-order valence-corrected chi connectivity index (χ2v) is 9.24. The molecule has 0 spiro atoms. The van der Waals surface area contributed by atoms with E-state index in [1.54, 1.807) is 4.31 Å². The van der Waals surface area contributed by atoms with Crippen LogP contribution in [-0.2, 0) is 21.3 Å². The van der Waals surface area contributed by atoms with Crippen LogP contribution in [0, 0.1) is 13.8 Å². The maximum atomic E-state index is 12.4. The van der Waals surface area contributed by atoms with Gasteiger partial charge < -0.3 is 9.26 Å². The van der Waals surface area contributed by atoms with Gasteiger partial charge in [-0.25, -0.2) is 8.42 Å². The van der Waals surface area contributed by atoms with Gasteiger partial charge in [-0.1, -0.05) is 5.16 Å². The van der Waals surface area contributed by atoms with Crippen LogP contribution in [0.2, 0.25) is 0 Å². The Morgan fingerprint density at radius 1 is 1.19 bits per heavy atom. The van der Waals surface area contributed by atoms with Crippen molar-refractivity contribution < 1.29 is 17.7 Å². The molecule has 0 aromatic carbocycles. The Morgan fingerprint density at radius 3 is 2.54 bits per heavy atom. The second kappa shape index (κ2) is 8.35. The Morgan fingerprint density at radius 2 is 1.92 bits per heavy atom. The van der Waals surface area contributed by atoms with E-state index in [4.69, 9.17) is 9.26 Å². The molecule has 0 N–H and O–H groups in total. The fourth-order valence-corrected chi connectivity index (χ4v) is 4.95. The largest absolute Gasteiger partial charge is 0.379 e. The van der Waals surface area contributed by atoms with Crippen molar-refractivity contribution in [2.24, 2.45) is 0 Å². The van der Waals surface area contributed by atoms with E-state index in [1.165, 1.54) is 6.26 Å². The lowest BCUT2D eigenvalue weighted by Crippen LogP contribution is -2.47. The van der Waals surface area contributed by atoms with E-state index in [9.17, 15) is 8.42 Å². The number of hydrogen-bond acceptors (Lipinski definition) is 7. The van der Waals surface area contributed by atoms with E-state index in [0.717, 1.165) is 75.9 Å². The molecule has 0 bridgehead atoms. The average Bonchev–Trinajstić information content (AvgIpc) is 3.17. The summed E-state index contributed by atoms with van der Waals surface area (Å²) >= 11 is 0. The number of sulfonamides is 1. The molecule has 3 rings (SSSR count). The highest BCUT2D eigenvalue weighted by Gasteiger charge is 2.33. The van der Waals surface area contributed by atoms with Gasteiger partial charge in [0.05, 0.1) is 25.2 Å². The van der Waals surface area contributed by atoms with E-state index in [0.29, 0.717) is 6.54 Å². The minimum Gasteiger partial charge on any atom is -0.379 e. The number of aromatic nitrogens is 1. The fourth-order valence-electron chi connectivity index (χ4n) is 3.83. The molecule has 1 atom stereocenters. The monoisotopic (exact) mass is 386 g/mol. The van der Waals surface area contributed by atoms with E-state index >= 15 is 0 Å². The van der Waals surface area contributed by atoms with Gasteiger partial charge in [0.25, 0.3) is 0 Å². The van der Waals surface area contributed by atoms with Gasteiger partial charge in [0.15, 0.2) is 0 Å². The summed E-state index contributed by atoms with van der Waals surface area (Å²) in [5, 5.41) is 4.01. The molecule has 1 aromatic heterocycles. The predicted molar refractivity (Wildman–Crippen MR) is 98.5 cm³/mol. The lowest BCUT2D eigenvalue weighted by atomic mass is 10.2. The van der Waals surface area contributed by atoms with Gasteiger partial charge in [-0.05, 0) is 20.3 Å². The molecule has 9 heteroatoms. The van der Waals surface area contributed by atoms with Gasteiger partial charge in [0.2, 0.25) is 10.0 Å². The molecule has 8 nitrogen and oxygen atoms in total. The molecule has 0 amide bonds. The van der Waals surface area contributed by atoms with Crippen molar-refractivity contribution in [1.29, 1.82) is 0 Å². The van der Waals surface area contributed by atoms with Crippen LogP contribution in [0.5, 0.6) is 0 Å². The third-order valence-corrected chi connectivity index (χ3v) is 6.72. The van der Waals surface area contributed by atoms with Gasteiger partial charge in [0.1, 0.15) is 5.76 Å². The average molecular weight is 387 g/mol. The van der Waals surface area contributed by atoms with Gasteiger partial charge in [-0.2, -0.15) is 4.31 Å². The first-order valence-electron chi connectivity index (χ1n) is 9.25. The van der Waals surface area contributed by atoms with Crippen LogP contribution in [0.25, 0.3) is 0 Å². The smallest absolute Gasteiger partial charge is 0.211 e. The van der Waals surface area contributed by atoms with E-state index in [-0.39, 0.29) is 6.04 Å². The second-order valence-electron chi connectivity index (χ2n) is 7.31. The minimum absolute atomic E-state index is 0.0338. The maximum Gasteiger partial charge on any atom is 0.211 e. The number of rotatable bonds is 7. The molecule has 1 unspecified atom stereocenters. The highest BCUT2D eigenvalue weighted by atomic mass is 32.2. The lowest BCUT2D eigenvalue weighted by Gasteiger charge is -2.31. The Kier molecular flexibility index (Phi) is 6.34. The van der Waals surface area contributed by atoms with Crippen molar-refractivity contribution in [3.63, 3.8) is 0 Å². The number of aryl methyl sites for hydroxylation is 2. The summed E-state index contributed by atoms with van der Waals surface area (Å²) in [6, 6.07) is 0.0338. The normalized spacial score (nSPS) is 23.2. The highest BCUT2D eigenvalue weighted by molar-refractivity contribution is 7.88. The topological polar surface area (TPSA) is 79.1 Å². The minimum atomic E-state index is -3.23. The molecule has 148 valence electrons. The van der Waals surface area contributed by atoms with Crippen LogP contribution in [0.15, 0.2) is 4.52 Å². The molecule has 2 aliphatic rings. The van der Waals surface area contributed by atoms with Crippen LogP contribution in [-0.4, -0.2) is 92.5 Å². The quantitative estimate of drug-likeness (QED) is 0.673.